The largest absolute Gasteiger partial charge is 0.484 e. The number of ether oxygens (including phenoxy) is 1. The van der Waals surface area contributed by atoms with Crippen molar-refractivity contribution in [1.29, 1.82) is 0 Å². The number of carbonyl (C=O) groups is 1. The van der Waals surface area contributed by atoms with Crippen LogP contribution in [0, 0.1) is 13.8 Å². The van der Waals surface area contributed by atoms with Crippen molar-refractivity contribution < 1.29 is 9.53 Å². The van der Waals surface area contributed by atoms with E-state index >= 15 is 0 Å². The Kier molecular flexibility index (Phi) is 8.28. The highest BCUT2D eigenvalue weighted by Crippen LogP contribution is 2.15. The predicted molar refractivity (Wildman–Crippen MR) is 92.8 cm³/mol. The molecule has 1 amide bonds. The second-order valence-electron chi connectivity index (χ2n) is 5.25. The molecule has 0 radical (unpaired) electrons. The minimum atomic E-state index is -0.281. The molecular formula is C16H25N3O2S. The maximum Gasteiger partial charge on any atom is 0.276 e. The summed E-state index contributed by atoms with van der Waals surface area (Å²) in [5, 5.41) is 3.44. The van der Waals surface area contributed by atoms with Crippen molar-refractivity contribution in [2.24, 2.45) is 0 Å². The minimum Gasteiger partial charge on any atom is -0.484 e. The maximum absolute atomic E-state index is 11.7. The number of aryl methyl sites for hydroxylation is 2. The summed E-state index contributed by atoms with van der Waals surface area (Å²) in [7, 11) is 0. The van der Waals surface area contributed by atoms with Crippen LogP contribution in [0.25, 0.3) is 0 Å². The summed E-state index contributed by atoms with van der Waals surface area (Å²) in [6.45, 7) is 6.86. The van der Waals surface area contributed by atoms with Crippen LogP contribution < -0.4 is 20.9 Å². The first kappa shape index (κ1) is 18.2. The van der Waals surface area contributed by atoms with Gasteiger partial charge < -0.3 is 10.1 Å². The monoisotopic (exact) mass is 323 g/mol. The number of nitrogens with one attached hydrogen (secondary N) is 3. The lowest BCUT2D eigenvalue weighted by atomic mass is 10.1. The highest BCUT2D eigenvalue weighted by Gasteiger charge is 2.04. The summed E-state index contributed by atoms with van der Waals surface area (Å²) in [4.78, 5) is 11.7. The lowest BCUT2D eigenvalue weighted by molar-refractivity contribution is -0.123. The van der Waals surface area contributed by atoms with Crippen molar-refractivity contribution in [2.75, 3.05) is 13.2 Å². The number of carbonyl (C=O) groups excluding carboxylic acids is 1. The summed E-state index contributed by atoms with van der Waals surface area (Å²) in [6, 6.07) is 5.85. The highest BCUT2D eigenvalue weighted by atomic mass is 32.1. The first-order chi connectivity index (χ1) is 10.5. The van der Waals surface area contributed by atoms with Gasteiger partial charge in [0.15, 0.2) is 11.7 Å². The summed E-state index contributed by atoms with van der Waals surface area (Å²) in [5.74, 6) is 0.407. The molecule has 22 heavy (non-hydrogen) atoms. The Morgan fingerprint density at radius 3 is 2.45 bits per heavy atom. The third-order valence-electron chi connectivity index (χ3n) is 2.95. The molecule has 0 aliphatic rings. The van der Waals surface area contributed by atoms with Gasteiger partial charge in [0, 0.05) is 6.54 Å². The van der Waals surface area contributed by atoms with Crippen LogP contribution in [0.5, 0.6) is 5.75 Å². The molecule has 0 aliphatic carbocycles. The average Bonchev–Trinajstić information content (AvgIpc) is 2.46. The molecular weight excluding hydrogens is 298 g/mol. The van der Waals surface area contributed by atoms with Crippen molar-refractivity contribution in [2.45, 2.75) is 40.0 Å². The Labute approximate surface area is 137 Å². The number of hydrogen-bond donors (Lipinski definition) is 3. The number of rotatable bonds is 7. The van der Waals surface area contributed by atoms with Crippen LogP contribution >= 0.6 is 12.2 Å². The number of hydrazine groups is 1. The van der Waals surface area contributed by atoms with Gasteiger partial charge in [-0.1, -0.05) is 25.8 Å². The van der Waals surface area contributed by atoms with Crippen LogP contribution in [0.4, 0.5) is 0 Å². The van der Waals surface area contributed by atoms with Gasteiger partial charge in [0.1, 0.15) is 5.75 Å². The fourth-order valence-corrected chi connectivity index (χ4v) is 2.10. The fourth-order valence-electron chi connectivity index (χ4n) is 1.95. The van der Waals surface area contributed by atoms with Gasteiger partial charge in [-0.05, 0) is 55.7 Å². The van der Waals surface area contributed by atoms with E-state index in [1.807, 2.05) is 26.0 Å². The summed E-state index contributed by atoms with van der Waals surface area (Å²) < 4.78 is 5.46. The number of benzene rings is 1. The lowest BCUT2D eigenvalue weighted by Crippen LogP contribution is -2.48. The Bertz CT molecular complexity index is 486. The Hall–Kier alpha value is -1.82. The van der Waals surface area contributed by atoms with Crippen LogP contribution in [0.1, 0.15) is 37.3 Å². The Morgan fingerprint density at radius 1 is 1.14 bits per heavy atom. The molecule has 0 fully saturated rings. The summed E-state index contributed by atoms with van der Waals surface area (Å²) in [5.41, 5.74) is 7.37. The fraction of sp³-hybridized carbons (Fsp3) is 0.500. The molecule has 0 aromatic heterocycles. The zero-order valence-corrected chi connectivity index (χ0v) is 14.3. The molecule has 5 nitrogen and oxygen atoms in total. The van der Waals surface area contributed by atoms with Gasteiger partial charge in [0.05, 0.1) is 0 Å². The molecule has 0 atom stereocenters. The molecule has 1 aromatic carbocycles. The van der Waals surface area contributed by atoms with E-state index in [0.717, 1.165) is 36.9 Å². The van der Waals surface area contributed by atoms with Gasteiger partial charge in [0.25, 0.3) is 5.91 Å². The third-order valence-corrected chi connectivity index (χ3v) is 3.19. The molecule has 0 saturated carbocycles. The molecule has 1 aromatic rings. The Morgan fingerprint density at radius 2 is 1.82 bits per heavy atom. The van der Waals surface area contributed by atoms with Crippen molar-refractivity contribution >= 4 is 23.2 Å². The third kappa shape index (κ3) is 7.83. The molecule has 122 valence electrons. The molecule has 0 bridgehead atoms. The van der Waals surface area contributed by atoms with Crippen LogP contribution in [0.3, 0.4) is 0 Å². The van der Waals surface area contributed by atoms with E-state index in [1.54, 1.807) is 0 Å². The quantitative estimate of drug-likeness (QED) is 0.408. The molecule has 6 heteroatoms. The topological polar surface area (TPSA) is 62.4 Å². The van der Waals surface area contributed by atoms with Crippen LogP contribution in [0.2, 0.25) is 0 Å². The second-order valence-corrected chi connectivity index (χ2v) is 5.66. The smallest absolute Gasteiger partial charge is 0.276 e. The molecule has 3 N–H and O–H groups in total. The zero-order valence-electron chi connectivity index (χ0n) is 13.5. The molecule has 0 unspecified atom stereocenters. The number of hydrogen-bond acceptors (Lipinski definition) is 3. The SMILES string of the molecule is CCCCCNC(=S)NNC(=O)COc1cc(C)cc(C)c1. The number of thiocarbonyl (C=S) groups is 1. The minimum absolute atomic E-state index is 0.0612. The molecule has 1 rings (SSSR count). The van der Waals surface area contributed by atoms with E-state index in [4.69, 9.17) is 17.0 Å². The number of unbranched alkanes of at least 4 members (excludes halogenated alkanes) is 2. The molecule has 0 heterocycles. The standard InChI is InChI=1S/C16H25N3O2S/c1-4-5-6-7-17-16(22)19-18-15(20)11-21-14-9-12(2)8-13(3)10-14/h8-10H,4-7,11H2,1-3H3,(H,18,20)(H2,17,19,22). The predicted octanol–water partition coefficient (Wildman–Crippen LogP) is 2.37. The molecule has 0 saturated heterocycles. The zero-order chi connectivity index (χ0) is 16.4. The average molecular weight is 323 g/mol. The van der Waals surface area contributed by atoms with E-state index < -0.39 is 0 Å². The van der Waals surface area contributed by atoms with Gasteiger partial charge >= 0.3 is 0 Å². The van der Waals surface area contributed by atoms with Crippen molar-refractivity contribution in [3.05, 3.63) is 29.3 Å². The van der Waals surface area contributed by atoms with Gasteiger partial charge in [-0.2, -0.15) is 0 Å². The maximum atomic E-state index is 11.7. The van der Waals surface area contributed by atoms with Gasteiger partial charge in [-0.15, -0.1) is 0 Å². The van der Waals surface area contributed by atoms with Gasteiger partial charge in [0.2, 0.25) is 0 Å². The first-order valence-electron chi connectivity index (χ1n) is 7.55. The van der Waals surface area contributed by atoms with Crippen LogP contribution in [-0.4, -0.2) is 24.2 Å². The van der Waals surface area contributed by atoms with E-state index in [1.165, 1.54) is 0 Å². The molecule has 0 aliphatic heterocycles. The van der Waals surface area contributed by atoms with E-state index in [2.05, 4.69) is 29.2 Å². The van der Waals surface area contributed by atoms with E-state index in [0.29, 0.717) is 10.9 Å². The van der Waals surface area contributed by atoms with Gasteiger partial charge in [-0.3, -0.25) is 15.6 Å². The highest BCUT2D eigenvalue weighted by molar-refractivity contribution is 7.80. The second kappa shape index (κ2) is 10.00. The van der Waals surface area contributed by atoms with E-state index in [9.17, 15) is 4.79 Å². The van der Waals surface area contributed by atoms with Crippen LogP contribution in [-0.2, 0) is 4.79 Å². The van der Waals surface area contributed by atoms with Gasteiger partial charge in [-0.25, -0.2) is 0 Å². The first-order valence-corrected chi connectivity index (χ1v) is 7.96. The molecule has 0 spiro atoms. The van der Waals surface area contributed by atoms with E-state index in [-0.39, 0.29) is 12.5 Å². The summed E-state index contributed by atoms with van der Waals surface area (Å²) in [6.07, 6.45) is 3.38. The van der Waals surface area contributed by atoms with Crippen molar-refractivity contribution in [3.63, 3.8) is 0 Å². The normalized spacial score (nSPS) is 9.95. The van der Waals surface area contributed by atoms with Crippen LogP contribution in [0.15, 0.2) is 18.2 Å². The lowest BCUT2D eigenvalue weighted by Gasteiger charge is -2.12. The number of amides is 1. The summed E-state index contributed by atoms with van der Waals surface area (Å²) >= 11 is 5.06. The van der Waals surface area contributed by atoms with Crippen molar-refractivity contribution in [3.8, 4) is 5.75 Å². The van der Waals surface area contributed by atoms with Crippen molar-refractivity contribution in [1.82, 2.24) is 16.2 Å². The Balaban J connectivity index is 2.21.